The molecule has 1 unspecified atom stereocenters. The average molecular weight is 859 g/mol. The van der Waals surface area contributed by atoms with Crippen LogP contribution < -0.4 is 9.47 Å². The summed E-state index contributed by atoms with van der Waals surface area (Å²) in [6.45, 7) is 27.3. The van der Waals surface area contributed by atoms with Crippen LogP contribution in [0.4, 0.5) is 0 Å². The second-order valence-electron chi connectivity index (χ2n) is 16.3. The van der Waals surface area contributed by atoms with Gasteiger partial charge < -0.3 is 18.6 Å². The molecule has 3 atom stereocenters. The molecule has 6 rings (SSSR count). The number of aryl methyl sites for hydroxylation is 2. The summed E-state index contributed by atoms with van der Waals surface area (Å²) >= 11 is 2.41. The molecule has 1 saturated carbocycles. The summed E-state index contributed by atoms with van der Waals surface area (Å²) in [5.41, 5.74) is 5.51. The summed E-state index contributed by atoms with van der Waals surface area (Å²) in [5.74, 6) is 1.42. The first kappa shape index (κ1) is 39.9. The van der Waals surface area contributed by atoms with Gasteiger partial charge in [0.1, 0.15) is 6.10 Å². The zero-order valence-corrected chi connectivity index (χ0v) is 36.6. The number of hydrogen-bond donors (Lipinski definition) is 0. The third kappa shape index (κ3) is 8.56. The van der Waals surface area contributed by atoms with E-state index < -0.39 is 8.32 Å². The SMILES string of the molecule is C=Cc1nn(C2CCCCO2)c2ncc(-c3c(C)nn(C)c3O[C@@H](C)CN(Cc3c(I)c(OCC)nn3[C@@H](C)CO[Si](C)(C)C(C)(C)C)C3CC3)cc12. The fourth-order valence-corrected chi connectivity index (χ4v) is 8.64. The van der Waals surface area contributed by atoms with Gasteiger partial charge in [-0.1, -0.05) is 27.4 Å². The Morgan fingerprint density at radius 3 is 2.55 bits per heavy atom. The van der Waals surface area contributed by atoms with E-state index in [4.69, 9.17) is 38.9 Å². The highest BCUT2D eigenvalue weighted by molar-refractivity contribution is 14.1. The molecule has 0 radical (unpaired) electrons. The van der Waals surface area contributed by atoms with Crippen molar-refractivity contribution in [1.29, 1.82) is 0 Å². The van der Waals surface area contributed by atoms with Gasteiger partial charge in [-0.3, -0.25) is 9.58 Å². The van der Waals surface area contributed by atoms with Crippen molar-refractivity contribution in [2.45, 2.75) is 130 Å². The molecule has 14 heteroatoms. The van der Waals surface area contributed by atoms with Crippen molar-refractivity contribution in [3.63, 3.8) is 0 Å². The fraction of sp³-hybridized carbons (Fsp3) is 0.641. The highest BCUT2D eigenvalue weighted by Gasteiger charge is 2.38. The van der Waals surface area contributed by atoms with E-state index in [1.165, 1.54) is 12.8 Å². The number of rotatable bonds is 16. The highest BCUT2D eigenvalue weighted by atomic mass is 127. The predicted molar refractivity (Wildman–Crippen MR) is 221 cm³/mol. The first-order valence-electron chi connectivity index (χ1n) is 19.2. The van der Waals surface area contributed by atoms with Gasteiger partial charge in [-0.25, -0.2) is 14.3 Å². The molecular weight excluding hydrogens is 799 g/mol. The number of pyridine rings is 1. The van der Waals surface area contributed by atoms with Crippen molar-refractivity contribution in [2.75, 3.05) is 26.4 Å². The quantitative estimate of drug-likeness (QED) is 0.0809. The standard InChI is InChI=1S/C39H59IN8O4Si/c1-12-31-30-20-28(21-41-36(30)48(43-31)33-16-14-15-19-50-33)34-27(5)42-45(9)38(34)52-26(4)22-46(29-17-18-29)23-32-35(40)37(49-13-2)44-47(32)25(3)24-51-53(10,11)39(6,7)8/h12,20-21,25-26,29,33H,1,13-19,22-24H2,2-11H3/t25-,26-,33?/m0/s1. The van der Waals surface area contributed by atoms with Gasteiger partial charge >= 0.3 is 0 Å². The van der Waals surface area contributed by atoms with Crippen LogP contribution in [0, 0.1) is 10.5 Å². The lowest BCUT2D eigenvalue weighted by molar-refractivity contribution is -0.0370. The summed E-state index contributed by atoms with van der Waals surface area (Å²) in [7, 11) is 0.0228. The molecule has 4 aromatic heterocycles. The minimum absolute atomic E-state index is 0.0615. The van der Waals surface area contributed by atoms with Gasteiger partial charge in [-0.2, -0.15) is 10.2 Å². The van der Waals surface area contributed by atoms with Crippen LogP contribution in [0.15, 0.2) is 18.8 Å². The molecule has 1 saturated heterocycles. The van der Waals surface area contributed by atoms with Gasteiger partial charge in [0.2, 0.25) is 11.8 Å². The Morgan fingerprint density at radius 2 is 1.91 bits per heavy atom. The van der Waals surface area contributed by atoms with Crippen molar-refractivity contribution in [3.8, 4) is 22.9 Å². The molecule has 0 N–H and O–H groups in total. The number of fused-ring (bicyclic) bond motifs is 1. The van der Waals surface area contributed by atoms with Crippen LogP contribution in [0.1, 0.15) is 103 Å². The minimum atomic E-state index is -1.92. The number of halogens is 1. The van der Waals surface area contributed by atoms with Crippen LogP contribution in [-0.4, -0.2) is 86.1 Å². The van der Waals surface area contributed by atoms with Crippen LogP contribution in [0.2, 0.25) is 18.1 Å². The first-order chi connectivity index (χ1) is 25.1. The third-order valence-electron chi connectivity index (χ3n) is 11.0. The maximum absolute atomic E-state index is 6.83. The molecule has 12 nitrogen and oxygen atoms in total. The topological polar surface area (TPSA) is 107 Å². The van der Waals surface area contributed by atoms with Crippen molar-refractivity contribution in [1.82, 2.24) is 39.2 Å². The zero-order chi connectivity index (χ0) is 38.2. The van der Waals surface area contributed by atoms with Gasteiger partial charge in [-0.05, 0) is 113 Å². The monoisotopic (exact) mass is 858 g/mol. The largest absolute Gasteiger partial charge is 0.476 e. The molecule has 5 heterocycles. The zero-order valence-electron chi connectivity index (χ0n) is 33.4. The maximum Gasteiger partial charge on any atom is 0.246 e. The molecule has 0 bridgehead atoms. The molecule has 0 amide bonds. The molecular formula is C39H59IN8O4Si. The molecule has 1 aliphatic carbocycles. The third-order valence-corrected chi connectivity index (χ3v) is 16.6. The van der Waals surface area contributed by atoms with E-state index in [9.17, 15) is 0 Å². The smallest absolute Gasteiger partial charge is 0.246 e. The number of hydrogen-bond acceptors (Lipinski definition) is 9. The molecule has 53 heavy (non-hydrogen) atoms. The Kier molecular flexibility index (Phi) is 12.1. The summed E-state index contributed by atoms with van der Waals surface area (Å²) in [6, 6.07) is 2.70. The lowest BCUT2D eigenvalue weighted by Crippen LogP contribution is -2.42. The lowest BCUT2D eigenvalue weighted by Gasteiger charge is -2.37. The minimum Gasteiger partial charge on any atom is -0.476 e. The number of aromatic nitrogens is 7. The van der Waals surface area contributed by atoms with E-state index in [2.05, 4.69) is 92.5 Å². The number of nitrogens with zero attached hydrogens (tertiary/aromatic N) is 8. The van der Waals surface area contributed by atoms with Crippen molar-refractivity contribution < 1.29 is 18.6 Å². The van der Waals surface area contributed by atoms with Gasteiger partial charge in [0.25, 0.3) is 0 Å². The molecule has 290 valence electrons. The molecule has 1 aliphatic heterocycles. The summed E-state index contributed by atoms with van der Waals surface area (Å²) in [5, 5.41) is 15.7. The maximum atomic E-state index is 6.83. The van der Waals surface area contributed by atoms with E-state index in [0.717, 1.165) is 87.7 Å². The second kappa shape index (κ2) is 16.1. The van der Waals surface area contributed by atoms with Gasteiger partial charge in [0.05, 0.1) is 45.5 Å². The van der Waals surface area contributed by atoms with E-state index in [1.54, 1.807) is 6.08 Å². The van der Waals surface area contributed by atoms with Gasteiger partial charge in [-0.15, -0.1) is 5.10 Å². The Morgan fingerprint density at radius 1 is 1.15 bits per heavy atom. The van der Waals surface area contributed by atoms with Crippen LogP contribution in [0.3, 0.4) is 0 Å². The summed E-state index contributed by atoms with van der Waals surface area (Å²) < 4.78 is 32.6. The van der Waals surface area contributed by atoms with Crippen molar-refractivity contribution in [3.05, 3.63) is 39.5 Å². The van der Waals surface area contributed by atoms with E-state index in [1.807, 2.05) is 36.5 Å². The van der Waals surface area contributed by atoms with Crippen LogP contribution in [0.5, 0.6) is 11.8 Å². The molecule has 4 aromatic rings. The number of ether oxygens (including phenoxy) is 3. The normalized spacial score (nSPS) is 18.2. The van der Waals surface area contributed by atoms with E-state index >= 15 is 0 Å². The summed E-state index contributed by atoms with van der Waals surface area (Å²) in [6.07, 6.45) is 8.93. The van der Waals surface area contributed by atoms with Crippen LogP contribution in [-0.2, 0) is 22.8 Å². The predicted octanol–water partition coefficient (Wildman–Crippen LogP) is 8.70. The Hall–Kier alpha value is -2.79. The first-order valence-corrected chi connectivity index (χ1v) is 23.2. The average Bonchev–Trinajstić information content (AvgIpc) is 3.76. The van der Waals surface area contributed by atoms with Crippen molar-refractivity contribution in [2.24, 2.45) is 7.05 Å². The van der Waals surface area contributed by atoms with Crippen molar-refractivity contribution >= 4 is 48.0 Å². The van der Waals surface area contributed by atoms with Gasteiger partial charge in [0.15, 0.2) is 20.2 Å². The molecule has 2 fully saturated rings. The van der Waals surface area contributed by atoms with E-state index in [-0.39, 0.29) is 23.4 Å². The van der Waals surface area contributed by atoms with Crippen LogP contribution >= 0.6 is 22.6 Å². The highest BCUT2D eigenvalue weighted by Crippen LogP contribution is 2.39. The summed E-state index contributed by atoms with van der Waals surface area (Å²) in [4.78, 5) is 7.48. The van der Waals surface area contributed by atoms with Crippen LogP contribution in [0.25, 0.3) is 28.2 Å². The van der Waals surface area contributed by atoms with Gasteiger partial charge in [0, 0.05) is 49.9 Å². The lowest BCUT2D eigenvalue weighted by atomic mass is 10.1. The Labute approximate surface area is 329 Å². The fourth-order valence-electron chi connectivity index (χ4n) is 6.87. The van der Waals surface area contributed by atoms with E-state index in [0.29, 0.717) is 25.1 Å². The molecule has 0 spiro atoms. The molecule has 2 aliphatic rings. The Balaban J connectivity index is 1.23. The Bertz CT molecular complexity index is 1900. The second-order valence-corrected chi connectivity index (χ2v) is 22.2. The molecule has 0 aromatic carbocycles.